The summed E-state index contributed by atoms with van der Waals surface area (Å²) in [6.07, 6.45) is 0.806. The fourth-order valence-electron chi connectivity index (χ4n) is 1.06. The van der Waals surface area contributed by atoms with E-state index in [1.807, 2.05) is 0 Å². The lowest BCUT2D eigenvalue weighted by Crippen LogP contribution is -2.46. The van der Waals surface area contributed by atoms with E-state index in [0.29, 0.717) is 0 Å². The SMILES string of the molecule is C=CCN(CC(=O)O)C(=O)C(N)CC(=O)O. The largest absolute Gasteiger partial charge is 0.481 e. The first-order valence-electron chi connectivity index (χ1n) is 4.47. The Hall–Kier alpha value is -1.89. The molecule has 1 amide bonds. The molecule has 0 aliphatic rings. The maximum atomic E-state index is 11.5. The number of aliphatic carboxylic acids is 2. The van der Waals surface area contributed by atoms with Crippen LogP contribution in [0.5, 0.6) is 0 Å². The van der Waals surface area contributed by atoms with Gasteiger partial charge in [0.25, 0.3) is 0 Å². The van der Waals surface area contributed by atoms with Crippen LogP contribution in [0.1, 0.15) is 6.42 Å². The van der Waals surface area contributed by atoms with E-state index < -0.39 is 36.9 Å². The van der Waals surface area contributed by atoms with Crippen molar-refractivity contribution in [2.24, 2.45) is 5.73 Å². The molecule has 0 aromatic rings. The zero-order valence-electron chi connectivity index (χ0n) is 8.63. The van der Waals surface area contributed by atoms with Crippen molar-refractivity contribution in [3.8, 4) is 0 Å². The van der Waals surface area contributed by atoms with Gasteiger partial charge in [0.2, 0.25) is 5.91 Å². The minimum absolute atomic E-state index is 0.0124. The molecule has 0 aromatic carbocycles. The first-order chi connectivity index (χ1) is 7.38. The molecule has 0 aromatic heterocycles. The second-order valence-electron chi connectivity index (χ2n) is 3.11. The van der Waals surface area contributed by atoms with Gasteiger partial charge in [-0.15, -0.1) is 6.58 Å². The second-order valence-corrected chi connectivity index (χ2v) is 3.11. The van der Waals surface area contributed by atoms with Crippen LogP contribution in [-0.2, 0) is 14.4 Å². The van der Waals surface area contributed by atoms with Gasteiger partial charge in [0.05, 0.1) is 12.5 Å². The van der Waals surface area contributed by atoms with Crippen LogP contribution in [0.4, 0.5) is 0 Å². The molecule has 0 heterocycles. The highest BCUT2D eigenvalue weighted by Crippen LogP contribution is 1.98. The third-order valence-corrected chi connectivity index (χ3v) is 1.70. The molecular formula is C9H14N2O5. The van der Waals surface area contributed by atoms with Crippen molar-refractivity contribution >= 4 is 17.8 Å². The topological polar surface area (TPSA) is 121 Å². The van der Waals surface area contributed by atoms with E-state index >= 15 is 0 Å². The summed E-state index contributed by atoms with van der Waals surface area (Å²) in [5, 5.41) is 17.0. The number of carboxylic acid groups (broad SMARTS) is 2. The van der Waals surface area contributed by atoms with Crippen LogP contribution in [-0.4, -0.2) is 52.1 Å². The van der Waals surface area contributed by atoms with Crippen molar-refractivity contribution in [1.29, 1.82) is 0 Å². The molecule has 90 valence electrons. The lowest BCUT2D eigenvalue weighted by atomic mass is 10.2. The van der Waals surface area contributed by atoms with E-state index in [9.17, 15) is 14.4 Å². The van der Waals surface area contributed by atoms with Gasteiger partial charge in [-0.05, 0) is 0 Å². The summed E-state index contributed by atoms with van der Waals surface area (Å²) >= 11 is 0. The van der Waals surface area contributed by atoms with Gasteiger partial charge in [-0.1, -0.05) is 6.08 Å². The first kappa shape index (κ1) is 14.1. The van der Waals surface area contributed by atoms with E-state index in [2.05, 4.69) is 6.58 Å². The van der Waals surface area contributed by atoms with Crippen LogP contribution in [0, 0.1) is 0 Å². The zero-order valence-corrected chi connectivity index (χ0v) is 8.63. The lowest BCUT2D eigenvalue weighted by Gasteiger charge is -2.21. The zero-order chi connectivity index (χ0) is 12.7. The highest BCUT2D eigenvalue weighted by molar-refractivity contribution is 5.88. The average molecular weight is 230 g/mol. The molecular weight excluding hydrogens is 216 g/mol. The van der Waals surface area contributed by atoms with E-state index in [0.717, 1.165) is 4.90 Å². The van der Waals surface area contributed by atoms with Crippen LogP contribution in [0.3, 0.4) is 0 Å². The molecule has 0 saturated carbocycles. The van der Waals surface area contributed by atoms with Gasteiger partial charge in [-0.2, -0.15) is 0 Å². The molecule has 4 N–H and O–H groups in total. The lowest BCUT2D eigenvalue weighted by molar-refractivity contribution is -0.146. The summed E-state index contributed by atoms with van der Waals surface area (Å²) in [4.78, 5) is 33.2. The highest BCUT2D eigenvalue weighted by atomic mass is 16.4. The standard InChI is InChI=1S/C9H14N2O5/c1-2-3-11(5-8(14)15)9(16)6(10)4-7(12)13/h2,6H,1,3-5,10H2,(H,12,13)(H,14,15). The van der Waals surface area contributed by atoms with Gasteiger partial charge in [0.15, 0.2) is 0 Å². The number of hydrogen-bond donors (Lipinski definition) is 3. The summed E-state index contributed by atoms with van der Waals surface area (Å²) < 4.78 is 0. The number of carbonyl (C=O) groups excluding carboxylic acids is 1. The predicted molar refractivity (Wildman–Crippen MR) is 54.6 cm³/mol. The van der Waals surface area contributed by atoms with Gasteiger partial charge in [0.1, 0.15) is 6.54 Å². The molecule has 7 nitrogen and oxygen atoms in total. The smallest absolute Gasteiger partial charge is 0.323 e. The van der Waals surface area contributed by atoms with Crippen molar-refractivity contribution in [3.05, 3.63) is 12.7 Å². The van der Waals surface area contributed by atoms with Crippen LogP contribution in [0.25, 0.3) is 0 Å². The molecule has 0 bridgehead atoms. The average Bonchev–Trinajstić information content (AvgIpc) is 2.14. The Labute approximate surface area is 92.1 Å². The third-order valence-electron chi connectivity index (χ3n) is 1.70. The van der Waals surface area contributed by atoms with Crippen molar-refractivity contribution in [2.45, 2.75) is 12.5 Å². The minimum atomic E-state index is -1.24. The Bertz CT molecular complexity index is 302. The summed E-state index contributed by atoms with van der Waals surface area (Å²) in [7, 11) is 0. The van der Waals surface area contributed by atoms with Crippen molar-refractivity contribution in [1.82, 2.24) is 4.90 Å². The van der Waals surface area contributed by atoms with Gasteiger partial charge >= 0.3 is 11.9 Å². The van der Waals surface area contributed by atoms with E-state index in [1.165, 1.54) is 6.08 Å². The molecule has 1 unspecified atom stereocenters. The Morgan fingerprint density at radius 2 is 1.88 bits per heavy atom. The van der Waals surface area contributed by atoms with Crippen molar-refractivity contribution in [3.63, 3.8) is 0 Å². The number of nitrogens with two attached hydrogens (primary N) is 1. The van der Waals surface area contributed by atoms with E-state index in [1.54, 1.807) is 0 Å². The van der Waals surface area contributed by atoms with Crippen molar-refractivity contribution < 1.29 is 24.6 Å². The summed E-state index contributed by atoms with van der Waals surface area (Å²) in [6.45, 7) is 2.85. The van der Waals surface area contributed by atoms with Gasteiger partial charge < -0.3 is 20.8 Å². The molecule has 0 aliphatic heterocycles. The van der Waals surface area contributed by atoms with Crippen LogP contribution in [0.2, 0.25) is 0 Å². The normalized spacial score (nSPS) is 11.6. The molecule has 7 heteroatoms. The van der Waals surface area contributed by atoms with Crippen molar-refractivity contribution in [2.75, 3.05) is 13.1 Å². The maximum absolute atomic E-state index is 11.5. The fraction of sp³-hybridized carbons (Fsp3) is 0.444. The molecule has 0 saturated heterocycles. The Balaban J connectivity index is 4.52. The number of amides is 1. The van der Waals surface area contributed by atoms with E-state index in [-0.39, 0.29) is 6.54 Å². The van der Waals surface area contributed by atoms with Crippen LogP contribution >= 0.6 is 0 Å². The third kappa shape index (κ3) is 5.11. The first-order valence-corrected chi connectivity index (χ1v) is 4.47. The Kier molecular flexibility index (Phi) is 5.79. The molecule has 0 aliphatic carbocycles. The van der Waals surface area contributed by atoms with Crippen LogP contribution in [0.15, 0.2) is 12.7 Å². The van der Waals surface area contributed by atoms with Crippen LogP contribution < -0.4 is 5.73 Å². The summed E-state index contributed by atoms with van der Waals surface area (Å²) in [6, 6.07) is -1.24. The number of carbonyl (C=O) groups is 3. The fourth-order valence-corrected chi connectivity index (χ4v) is 1.06. The molecule has 0 fully saturated rings. The van der Waals surface area contributed by atoms with Gasteiger partial charge in [0, 0.05) is 6.54 Å². The van der Waals surface area contributed by atoms with E-state index in [4.69, 9.17) is 15.9 Å². The highest BCUT2D eigenvalue weighted by Gasteiger charge is 2.23. The second kappa shape index (κ2) is 6.57. The Morgan fingerprint density at radius 1 is 1.31 bits per heavy atom. The molecule has 0 rings (SSSR count). The molecule has 0 spiro atoms. The summed E-state index contributed by atoms with van der Waals surface area (Å²) in [5.41, 5.74) is 5.33. The quantitative estimate of drug-likeness (QED) is 0.477. The summed E-state index contributed by atoms with van der Waals surface area (Å²) in [5.74, 6) is -3.13. The molecule has 1 atom stereocenters. The number of rotatable bonds is 7. The Morgan fingerprint density at radius 3 is 2.25 bits per heavy atom. The number of carboxylic acids is 2. The minimum Gasteiger partial charge on any atom is -0.481 e. The molecule has 16 heavy (non-hydrogen) atoms. The monoisotopic (exact) mass is 230 g/mol. The van der Waals surface area contributed by atoms with Gasteiger partial charge in [-0.25, -0.2) is 0 Å². The predicted octanol–water partition coefficient (Wildman–Crippen LogP) is -1.11. The molecule has 0 radical (unpaired) electrons. The number of hydrogen-bond acceptors (Lipinski definition) is 4. The maximum Gasteiger partial charge on any atom is 0.323 e. The van der Waals surface area contributed by atoms with Gasteiger partial charge in [-0.3, -0.25) is 14.4 Å². The number of nitrogens with zero attached hydrogens (tertiary/aromatic N) is 1.